The molecular formula is C14H21FO. The molecule has 16 heavy (non-hydrogen) atoms. The Morgan fingerprint density at radius 1 is 1.00 bits per heavy atom. The van der Waals surface area contributed by atoms with Crippen molar-refractivity contribution in [3.63, 3.8) is 0 Å². The molecule has 2 unspecified atom stereocenters. The van der Waals surface area contributed by atoms with E-state index in [1.54, 1.807) is 0 Å². The van der Waals surface area contributed by atoms with Crippen LogP contribution in [0.4, 0.5) is 4.39 Å². The summed E-state index contributed by atoms with van der Waals surface area (Å²) in [7, 11) is 0. The molecule has 0 aromatic carbocycles. The van der Waals surface area contributed by atoms with Crippen molar-refractivity contribution in [1.82, 2.24) is 0 Å². The van der Waals surface area contributed by atoms with Crippen molar-refractivity contribution in [2.24, 2.45) is 23.2 Å². The molecule has 2 saturated heterocycles. The minimum atomic E-state index is -0.631. The van der Waals surface area contributed by atoms with Gasteiger partial charge in [0.25, 0.3) is 0 Å². The van der Waals surface area contributed by atoms with Crippen molar-refractivity contribution in [3.8, 4) is 0 Å². The summed E-state index contributed by atoms with van der Waals surface area (Å²) < 4.78 is 18.8. The molecule has 0 N–H and O–H groups in total. The lowest BCUT2D eigenvalue weighted by Gasteiger charge is -2.61. The van der Waals surface area contributed by atoms with Crippen molar-refractivity contribution in [1.29, 1.82) is 0 Å². The van der Waals surface area contributed by atoms with Gasteiger partial charge in [-0.25, -0.2) is 4.39 Å². The van der Waals surface area contributed by atoms with Crippen LogP contribution in [0.15, 0.2) is 0 Å². The molecule has 5 rings (SSSR count). The monoisotopic (exact) mass is 224 g/mol. The maximum Gasteiger partial charge on any atom is 0.152 e. The van der Waals surface area contributed by atoms with Gasteiger partial charge in [-0.2, -0.15) is 0 Å². The van der Waals surface area contributed by atoms with E-state index >= 15 is 0 Å². The molecule has 3 aliphatic carbocycles. The highest BCUT2D eigenvalue weighted by Crippen LogP contribution is 2.64. The number of hydrogen-bond acceptors (Lipinski definition) is 1. The largest absolute Gasteiger partial charge is 0.369 e. The fourth-order valence-electron chi connectivity index (χ4n) is 5.11. The maximum absolute atomic E-state index is 13.3. The summed E-state index contributed by atoms with van der Waals surface area (Å²) in [6.07, 6.45) is 7.14. The molecule has 5 fully saturated rings. The Labute approximate surface area is 96.7 Å². The molecule has 0 aromatic heterocycles. The van der Waals surface area contributed by atoms with Crippen LogP contribution in [0, 0.1) is 23.2 Å². The fraction of sp³-hybridized carbons (Fsp3) is 1.00. The standard InChI is InChI=1S/C14H21FO/c1-8-4-14(5-8)6-10(7-14)9-2-11-13(15)12(3-9)16-11/h8-13H,2-7H2,1H3. The lowest BCUT2D eigenvalue weighted by molar-refractivity contribution is -0.245. The van der Waals surface area contributed by atoms with E-state index in [0.717, 1.165) is 36.0 Å². The molecule has 2 atom stereocenters. The second-order valence-electron chi connectivity index (χ2n) is 7.07. The summed E-state index contributed by atoms with van der Waals surface area (Å²) in [6, 6.07) is 0. The van der Waals surface area contributed by atoms with Gasteiger partial charge in [0.05, 0.1) is 12.2 Å². The van der Waals surface area contributed by atoms with Gasteiger partial charge in [-0.15, -0.1) is 0 Å². The van der Waals surface area contributed by atoms with E-state index in [0.29, 0.717) is 0 Å². The van der Waals surface area contributed by atoms with Crippen molar-refractivity contribution >= 4 is 0 Å². The lowest BCUT2D eigenvalue weighted by atomic mass is 9.45. The zero-order valence-electron chi connectivity index (χ0n) is 9.99. The maximum atomic E-state index is 13.3. The molecule has 0 amide bonds. The first-order valence-electron chi connectivity index (χ1n) is 6.95. The quantitative estimate of drug-likeness (QED) is 0.664. The van der Waals surface area contributed by atoms with Gasteiger partial charge in [-0.05, 0) is 61.7 Å². The first kappa shape index (κ1) is 9.87. The van der Waals surface area contributed by atoms with E-state index in [9.17, 15) is 4.39 Å². The summed E-state index contributed by atoms with van der Waals surface area (Å²) in [5.41, 5.74) is 0.752. The van der Waals surface area contributed by atoms with Crippen LogP contribution in [-0.4, -0.2) is 18.4 Å². The second kappa shape index (κ2) is 3.01. The molecule has 2 heteroatoms. The average Bonchev–Trinajstić information content (AvgIpc) is 2.20. The molecule has 0 aromatic rings. The predicted octanol–water partition coefficient (Wildman–Crippen LogP) is 3.33. The Balaban J connectivity index is 1.34. The van der Waals surface area contributed by atoms with E-state index < -0.39 is 6.17 Å². The summed E-state index contributed by atoms with van der Waals surface area (Å²) in [5, 5.41) is 0. The third-order valence-electron chi connectivity index (χ3n) is 5.75. The van der Waals surface area contributed by atoms with Crippen molar-refractivity contribution in [2.75, 3.05) is 0 Å². The van der Waals surface area contributed by atoms with Crippen LogP contribution in [0.2, 0.25) is 0 Å². The van der Waals surface area contributed by atoms with E-state index in [1.807, 2.05) is 0 Å². The van der Waals surface area contributed by atoms with Gasteiger partial charge in [-0.1, -0.05) is 6.92 Å². The number of rotatable bonds is 1. The van der Waals surface area contributed by atoms with Gasteiger partial charge in [0, 0.05) is 0 Å². The van der Waals surface area contributed by atoms with E-state index in [2.05, 4.69) is 6.92 Å². The summed E-state index contributed by atoms with van der Waals surface area (Å²) in [5.74, 6) is 2.67. The highest BCUT2D eigenvalue weighted by atomic mass is 19.1. The number of alkyl halides is 1. The van der Waals surface area contributed by atoms with Crippen LogP contribution in [0.3, 0.4) is 0 Å². The number of ether oxygens (including phenoxy) is 1. The Bertz CT molecular complexity index is 290. The molecule has 3 saturated carbocycles. The smallest absolute Gasteiger partial charge is 0.152 e. The molecule has 5 aliphatic rings. The molecule has 0 radical (unpaired) electrons. The predicted molar refractivity (Wildman–Crippen MR) is 59.8 cm³/mol. The van der Waals surface area contributed by atoms with Crippen LogP contribution >= 0.6 is 0 Å². The Morgan fingerprint density at radius 3 is 2.12 bits per heavy atom. The fourth-order valence-corrected chi connectivity index (χ4v) is 5.11. The van der Waals surface area contributed by atoms with Crippen molar-refractivity contribution in [3.05, 3.63) is 0 Å². The van der Waals surface area contributed by atoms with Gasteiger partial charge in [-0.3, -0.25) is 0 Å². The molecule has 2 aliphatic heterocycles. The van der Waals surface area contributed by atoms with Gasteiger partial charge in [0.1, 0.15) is 0 Å². The third-order valence-corrected chi connectivity index (χ3v) is 5.75. The van der Waals surface area contributed by atoms with Crippen LogP contribution in [0.1, 0.15) is 45.4 Å². The SMILES string of the molecule is CC1CC2(C1)CC(C1CC3OC(C1)C3F)C2. The molecular weight excluding hydrogens is 203 g/mol. The normalized spacial score (nSPS) is 63.4. The summed E-state index contributed by atoms with van der Waals surface area (Å²) in [4.78, 5) is 0. The minimum Gasteiger partial charge on any atom is -0.369 e. The topological polar surface area (TPSA) is 9.23 Å². The minimum absolute atomic E-state index is 0.0272. The van der Waals surface area contributed by atoms with Crippen molar-refractivity contribution < 1.29 is 9.13 Å². The first-order chi connectivity index (χ1) is 7.65. The van der Waals surface area contributed by atoms with E-state index in [-0.39, 0.29) is 12.2 Å². The van der Waals surface area contributed by atoms with Crippen LogP contribution in [-0.2, 0) is 4.74 Å². The van der Waals surface area contributed by atoms with Crippen molar-refractivity contribution in [2.45, 2.75) is 63.8 Å². The van der Waals surface area contributed by atoms with E-state index in [1.165, 1.54) is 25.7 Å². The Hall–Kier alpha value is -0.110. The summed E-state index contributed by atoms with van der Waals surface area (Å²) >= 11 is 0. The average molecular weight is 224 g/mol. The molecule has 1 nitrogen and oxygen atoms in total. The Morgan fingerprint density at radius 2 is 1.62 bits per heavy atom. The molecule has 2 bridgehead atoms. The number of halogens is 1. The molecule has 2 heterocycles. The zero-order valence-corrected chi connectivity index (χ0v) is 9.99. The number of hydrogen-bond donors (Lipinski definition) is 0. The van der Waals surface area contributed by atoms with Gasteiger partial charge in [0.2, 0.25) is 0 Å². The van der Waals surface area contributed by atoms with Crippen LogP contribution < -0.4 is 0 Å². The van der Waals surface area contributed by atoms with Crippen LogP contribution in [0.25, 0.3) is 0 Å². The first-order valence-corrected chi connectivity index (χ1v) is 6.95. The number of fused-ring (bicyclic) bond motifs is 2. The van der Waals surface area contributed by atoms with Gasteiger partial charge >= 0.3 is 0 Å². The highest BCUT2D eigenvalue weighted by molar-refractivity contribution is 5.06. The molecule has 1 spiro atoms. The zero-order chi connectivity index (χ0) is 10.9. The molecule has 90 valence electrons. The summed E-state index contributed by atoms with van der Waals surface area (Å²) in [6.45, 7) is 2.37. The van der Waals surface area contributed by atoms with E-state index in [4.69, 9.17) is 4.74 Å². The highest BCUT2D eigenvalue weighted by Gasteiger charge is 2.57. The second-order valence-corrected chi connectivity index (χ2v) is 7.07. The van der Waals surface area contributed by atoms with Gasteiger partial charge < -0.3 is 4.74 Å². The van der Waals surface area contributed by atoms with Crippen LogP contribution in [0.5, 0.6) is 0 Å². The third kappa shape index (κ3) is 1.20. The Kier molecular flexibility index (Phi) is 1.86. The van der Waals surface area contributed by atoms with Gasteiger partial charge in [0.15, 0.2) is 6.17 Å². The lowest BCUT2D eigenvalue weighted by Crippen LogP contribution is -2.59.